The second kappa shape index (κ2) is 6.75. The molecule has 1 unspecified atom stereocenters. The molecule has 0 aromatic carbocycles. The van der Waals surface area contributed by atoms with E-state index in [1.54, 1.807) is 6.26 Å². The van der Waals surface area contributed by atoms with Gasteiger partial charge in [0, 0.05) is 13.0 Å². The molecule has 1 saturated heterocycles. The SMILES string of the molecule is CC(C)CC(=O)NCC(c1ccco1)N1CCCC1. The predicted octanol–water partition coefficient (Wildman–Crippen LogP) is 2.58. The van der Waals surface area contributed by atoms with Gasteiger partial charge in [-0.25, -0.2) is 0 Å². The third-order valence-corrected chi connectivity index (χ3v) is 3.54. The first-order chi connectivity index (χ1) is 9.16. The Hall–Kier alpha value is -1.29. The van der Waals surface area contributed by atoms with Crippen LogP contribution in [0.15, 0.2) is 22.8 Å². The molecule has 0 aliphatic carbocycles. The highest BCUT2D eigenvalue weighted by molar-refractivity contribution is 5.76. The molecule has 0 spiro atoms. The molecular weight excluding hydrogens is 240 g/mol. The number of hydrogen-bond acceptors (Lipinski definition) is 3. The molecule has 2 rings (SSSR count). The third kappa shape index (κ3) is 4.10. The summed E-state index contributed by atoms with van der Waals surface area (Å²) in [7, 11) is 0. The van der Waals surface area contributed by atoms with Crippen molar-refractivity contribution in [3.05, 3.63) is 24.2 Å². The van der Waals surface area contributed by atoms with E-state index in [2.05, 4.69) is 24.1 Å². The van der Waals surface area contributed by atoms with Gasteiger partial charge < -0.3 is 9.73 Å². The van der Waals surface area contributed by atoms with Crippen LogP contribution < -0.4 is 5.32 Å². The molecule has 0 radical (unpaired) electrons. The van der Waals surface area contributed by atoms with Gasteiger partial charge in [0.1, 0.15) is 5.76 Å². The lowest BCUT2D eigenvalue weighted by atomic mass is 10.1. The summed E-state index contributed by atoms with van der Waals surface area (Å²) in [5.74, 6) is 1.48. The first kappa shape index (κ1) is 14.1. The number of likely N-dealkylation sites (tertiary alicyclic amines) is 1. The molecule has 1 atom stereocenters. The second-order valence-corrected chi connectivity index (χ2v) is 5.68. The quantitative estimate of drug-likeness (QED) is 0.859. The Morgan fingerprint density at radius 1 is 1.42 bits per heavy atom. The van der Waals surface area contributed by atoms with E-state index in [9.17, 15) is 4.79 Å². The normalized spacial score (nSPS) is 17.8. The number of nitrogens with one attached hydrogen (secondary N) is 1. The van der Waals surface area contributed by atoms with Crippen LogP contribution in [-0.4, -0.2) is 30.4 Å². The number of rotatable bonds is 6. The summed E-state index contributed by atoms with van der Waals surface area (Å²) >= 11 is 0. The maximum Gasteiger partial charge on any atom is 0.220 e. The van der Waals surface area contributed by atoms with E-state index in [0.29, 0.717) is 18.9 Å². The second-order valence-electron chi connectivity index (χ2n) is 5.68. The number of hydrogen-bond donors (Lipinski definition) is 1. The summed E-state index contributed by atoms with van der Waals surface area (Å²) in [6.07, 6.45) is 4.76. The van der Waals surface area contributed by atoms with Crippen molar-refractivity contribution in [3.8, 4) is 0 Å². The molecular formula is C15H24N2O2. The number of carbonyl (C=O) groups is 1. The van der Waals surface area contributed by atoms with Crippen LogP contribution in [0.1, 0.15) is 44.9 Å². The standard InChI is InChI=1S/C15H24N2O2/c1-12(2)10-15(18)16-11-13(14-6-5-9-19-14)17-7-3-4-8-17/h5-6,9,12-13H,3-4,7-8,10-11H2,1-2H3,(H,16,18). The van der Waals surface area contributed by atoms with E-state index in [4.69, 9.17) is 4.42 Å². The van der Waals surface area contributed by atoms with E-state index in [1.807, 2.05) is 12.1 Å². The Balaban J connectivity index is 1.92. The van der Waals surface area contributed by atoms with Gasteiger partial charge in [-0.15, -0.1) is 0 Å². The van der Waals surface area contributed by atoms with Crippen molar-refractivity contribution >= 4 is 5.91 Å². The van der Waals surface area contributed by atoms with Crippen LogP contribution in [0, 0.1) is 5.92 Å². The summed E-state index contributed by atoms with van der Waals surface area (Å²) in [6.45, 7) is 6.93. The molecule has 1 fully saturated rings. The smallest absolute Gasteiger partial charge is 0.220 e. The summed E-state index contributed by atoms with van der Waals surface area (Å²) < 4.78 is 5.53. The molecule has 1 aliphatic rings. The fourth-order valence-corrected chi connectivity index (χ4v) is 2.60. The van der Waals surface area contributed by atoms with Crippen LogP contribution in [0.5, 0.6) is 0 Å². The summed E-state index contributed by atoms with van der Waals surface area (Å²) in [5, 5.41) is 3.04. The van der Waals surface area contributed by atoms with Crippen molar-refractivity contribution in [2.75, 3.05) is 19.6 Å². The zero-order valence-electron chi connectivity index (χ0n) is 11.9. The fraction of sp³-hybridized carbons (Fsp3) is 0.667. The van der Waals surface area contributed by atoms with Gasteiger partial charge in [0.15, 0.2) is 0 Å². The maximum absolute atomic E-state index is 11.8. The molecule has 1 aliphatic heterocycles. The van der Waals surface area contributed by atoms with Gasteiger partial charge in [-0.3, -0.25) is 9.69 Å². The van der Waals surface area contributed by atoms with Gasteiger partial charge in [0.25, 0.3) is 0 Å². The Morgan fingerprint density at radius 2 is 2.16 bits per heavy atom. The largest absolute Gasteiger partial charge is 0.468 e. The molecule has 19 heavy (non-hydrogen) atoms. The van der Waals surface area contributed by atoms with Crippen molar-refractivity contribution in [2.45, 2.75) is 39.2 Å². The molecule has 1 N–H and O–H groups in total. The molecule has 4 heteroatoms. The van der Waals surface area contributed by atoms with E-state index in [-0.39, 0.29) is 11.9 Å². The zero-order valence-corrected chi connectivity index (χ0v) is 11.9. The first-order valence-corrected chi connectivity index (χ1v) is 7.21. The highest BCUT2D eigenvalue weighted by Gasteiger charge is 2.25. The molecule has 1 amide bonds. The van der Waals surface area contributed by atoms with Gasteiger partial charge in [-0.2, -0.15) is 0 Å². The van der Waals surface area contributed by atoms with Crippen LogP contribution in [0.3, 0.4) is 0 Å². The van der Waals surface area contributed by atoms with Crippen LogP contribution >= 0.6 is 0 Å². The Kier molecular flexibility index (Phi) is 5.02. The van der Waals surface area contributed by atoms with Gasteiger partial charge >= 0.3 is 0 Å². The van der Waals surface area contributed by atoms with Gasteiger partial charge in [-0.1, -0.05) is 13.8 Å². The minimum atomic E-state index is 0.130. The fourth-order valence-electron chi connectivity index (χ4n) is 2.60. The van der Waals surface area contributed by atoms with Crippen molar-refractivity contribution in [1.29, 1.82) is 0 Å². The molecule has 0 bridgehead atoms. The lowest BCUT2D eigenvalue weighted by molar-refractivity contribution is -0.122. The van der Waals surface area contributed by atoms with Crippen LogP contribution in [0.25, 0.3) is 0 Å². The van der Waals surface area contributed by atoms with Gasteiger partial charge in [0.2, 0.25) is 5.91 Å². The van der Waals surface area contributed by atoms with Gasteiger partial charge in [-0.05, 0) is 44.0 Å². The van der Waals surface area contributed by atoms with Crippen LogP contribution in [0.4, 0.5) is 0 Å². The number of nitrogens with zero attached hydrogens (tertiary/aromatic N) is 1. The molecule has 2 heterocycles. The number of amides is 1. The maximum atomic E-state index is 11.8. The van der Waals surface area contributed by atoms with E-state index in [0.717, 1.165) is 18.8 Å². The molecule has 1 aromatic heterocycles. The monoisotopic (exact) mass is 264 g/mol. The van der Waals surface area contributed by atoms with Crippen molar-refractivity contribution in [2.24, 2.45) is 5.92 Å². The summed E-state index contributed by atoms with van der Waals surface area (Å²) in [6, 6.07) is 4.08. The van der Waals surface area contributed by atoms with E-state index >= 15 is 0 Å². The van der Waals surface area contributed by atoms with Crippen molar-refractivity contribution in [1.82, 2.24) is 10.2 Å². The van der Waals surface area contributed by atoms with Crippen LogP contribution in [0.2, 0.25) is 0 Å². The zero-order chi connectivity index (χ0) is 13.7. The number of carbonyl (C=O) groups excluding carboxylic acids is 1. The molecule has 4 nitrogen and oxygen atoms in total. The Labute approximate surface area is 115 Å². The number of furan rings is 1. The molecule has 106 valence electrons. The summed E-state index contributed by atoms with van der Waals surface area (Å²) in [4.78, 5) is 14.2. The van der Waals surface area contributed by atoms with E-state index in [1.165, 1.54) is 12.8 Å². The molecule has 1 aromatic rings. The highest BCUT2D eigenvalue weighted by atomic mass is 16.3. The Morgan fingerprint density at radius 3 is 2.74 bits per heavy atom. The van der Waals surface area contributed by atoms with Crippen LogP contribution in [-0.2, 0) is 4.79 Å². The highest BCUT2D eigenvalue weighted by Crippen LogP contribution is 2.24. The lowest BCUT2D eigenvalue weighted by Crippen LogP contribution is -2.36. The summed E-state index contributed by atoms with van der Waals surface area (Å²) in [5.41, 5.74) is 0. The van der Waals surface area contributed by atoms with Crippen molar-refractivity contribution < 1.29 is 9.21 Å². The lowest BCUT2D eigenvalue weighted by Gasteiger charge is -2.26. The molecule has 0 saturated carbocycles. The minimum absolute atomic E-state index is 0.130. The van der Waals surface area contributed by atoms with Crippen molar-refractivity contribution in [3.63, 3.8) is 0 Å². The minimum Gasteiger partial charge on any atom is -0.468 e. The first-order valence-electron chi connectivity index (χ1n) is 7.21. The third-order valence-electron chi connectivity index (χ3n) is 3.54. The average Bonchev–Trinajstić information content (AvgIpc) is 3.00. The topological polar surface area (TPSA) is 45.5 Å². The van der Waals surface area contributed by atoms with Gasteiger partial charge in [0.05, 0.1) is 12.3 Å². The van der Waals surface area contributed by atoms with E-state index < -0.39 is 0 Å². The predicted molar refractivity (Wildman–Crippen MR) is 74.7 cm³/mol. The average molecular weight is 264 g/mol. The Bertz CT molecular complexity index is 381.